The number of aryl methyl sites for hydroxylation is 1. The standard InChI is InChI=1S/C19H25F3N6OS/c1-2-27-17(7-6-16(23)29)24-28(18(27)30)13-25-8-10-26(11-9-25)15-5-3-4-14(12-15)19(20,21)22/h3-5,12H,2,6-11,13H2,1H3,(H2,23,29). The van der Waals surface area contributed by atoms with E-state index >= 15 is 0 Å². The molecular formula is C19H25F3N6OS. The number of rotatable bonds is 7. The molecule has 2 heterocycles. The van der Waals surface area contributed by atoms with Crippen LogP contribution in [0.15, 0.2) is 24.3 Å². The Morgan fingerprint density at radius 1 is 1.23 bits per heavy atom. The predicted molar refractivity (Wildman–Crippen MR) is 109 cm³/mol. The zero-order chi connectivity index (χ0) is 21.9. The number of anilines is 1. The number of nitrogens with two attached hydrogens (primary N) is 1. The summed E-state index contributed by atoms with van der Waals surface area (Å²) in [5.74, 6) is 0.340. The Balaban J connectivity index is 1.64. The van der Waals surface area contributed by atoms with Crippen molar-refractivity contribution >= 4 is 23.8 Å². The topological polar surface area (TPSA) is 72.3 Å². The largest absolute Gasteiger partial charge is 0.416 e. The van der Waals surface area contributed by atoms with E-state index in [9.17, 15) is 18.0 Å². The van der Waals surface area contributed by atoms with Crippen LogP contribution >= 0.6 is 12.2 Å². The van der Waals surface area contributed by atoms with Crippen LogP contribution in [-0.2, 0) is 30.6 Å². The lowest BCUT2D eigenvalue weighted by atomic mass is 10.1. The number of carbonyl (C=O) groups is 1. The van der Waals surface area contributed by atoms with E-state index in [0.29, 0.717) is 56.3 Å². The van der Waals surface area contributed by atoms with Gasteiger partial charge in [-0.05, 0) is 37.3 Å². The smallest absolute Gasteiger partial charge is 0.370 e. The highest BCUT2D eigenvalue weighted by Crippen LogP contribution is 2.31. The summed E-state index contributed by atoms with van der Waals surface area (Å²) >= 11 is 5.51. The Morgan fingerprint density at radius 2 is 1.93 bits per heavy atom. The van der Waals surface area contributed by atoms with Gasteiger partial charge in [-0.15, -0.1) is 0 Å². The quantitative estimate of drug-likeness (QED) is 0.668. The molecule has 3 rings (SSSR count). The lowest BCUT2D eigenvalue weighted by molar-refractivity contribution is -0.137. The zero-order valence-electron chi connectivity index (χ0n) is 16.7. The van der Waals surface area contributed by atoms with Crippen LogP contribution in [0.3, 0.4) is 0 Å². The van der Waals surface area contributed by atoms with E-state index in [-0.39, 0.29) is 12.3 Å². The van der Waals surface area contributed by atoms with Gasteiger partial charge in [0.15, 0.2) is 4.77 Å². The van der Waals surface area contributed by atoms with Crippen molar-refractivity contribution < 1.29 is 18.0 Å². The van der Waals surface area contributed by atoms with Gasteiger partial charge in [0.1, 0.15) is 5.82 Å². The van der Waals surface area contributed by atoms with Crippen molar-refractivity contribution in [3.63, 3.8) is 0 Å². The normalized spacial score (nSPS) is 15.5. The van der Waals surface area contributed by atoms with Gasteiger partial charge in [-0.1, -0.05) is 6.07 Å². The number of amides is 1. The summed E-state index contributed by atoms with van der Waals surface area (Å²) in [6, 6.07) is 5.42. The molecule has 1 aliphatic heterocycles. The fourth-order valence-electron chi connectivity index (χ4n) is 3.53. The molecule has 2 N–H and O–H groups in total. The third kappa shape index (κ3) is 5.20. The Bertz CT molecular complexity index is 946. The van der Waals surface area contributed by atoms with Crippen molar-refractivity contribution in [3.8, 4) is 0 Å². The minimum atomic E-state index is -4.35. The monoisotopic (exact) mass is 442 g/mol. The number of benzene rings is 1. The van der Waals surface area contributed by atoms with Crippen molar-refractivity contribution in [3.05, 3.63) is 40.4 Å². The van der Waals surface area contributed by atoms with Gasteiger partial charge in [0.25, 0.3) is 0 Å². The first-order valence-electron chi connectivity index (χ1n) is 9.78. The van der Waals surface area contributed by atoms with Gasteiger partial charge in [-0.3, -0.25) is 9.69 Å². The maximum absolute atomic E-state index is 13.0. The first-order valence-corrected chi connectivity index (χ1v) is 10.2. The maximum atomic E-state index is 13.0. The average Bonchev–Trinajstić information content (AvgIpc) is 3.01. The molecule has 0 atom stereocenters. The second-order valence-electron chi connectivity index (χ2n) is 7.20. The van der Waals surface area contributed by atoms with Crippen LogP contribution in [0.4, 0.5) is 18.9 Å². The van der Waals surface area contributed by atoms with Crippen molar-refractivity contribution in [1.29, 1.82) is 0 Å². The SMILES string of the molecule is CCn1c(CCC(N)=O)nn(CN2CCN(c3cccc(C(F)(F)F)c3)CC2)c1=S. The van der Waals surface area contributed by atoms with Gasteiger partial charge in [-0.25, -0.2) is 4.68 Å². The number of piperazine rings is 1. The Hall–Kier alpha value is -2.40. The highest BCUT2D eigenvalue weighted by molar-refractivity contribution is 7.71. The number of nitrogens with zero attached hydrogens (tertiary/aromatic N) is 5. The van der Waals surface area contributed by atoms with Gasteiger partial charge < -0.3 is 15.2 Å². The molecule has 0 unspecified atom stereocenters. The van der Waals surface area contributed by atoms with E-state index < -0.39 is 11.7 Å². The molecule has 30 heavy (non-hydrogen) atoms. The van der Waals surface area contributed by atoms with E-state index in [1.807, 2.05) is 16.4 Å². The van der Waals surface area contributed by atoms with E-state index in [1.54, 1.807) is 10.7 Å². The maximum Gasteiger partial charge on any atom is 0.416 e. The molecule has 1 saturated heterocycles. The lowest BCUT2D eigenvalue weighted by Crippen LogP contribution is -2.47. The molecule has 2 aromatic rings. The van der Waals surface area contributed by atoms with Crippen molar-refractivity contribution in [1.82, 2.24) is 19.2 Å². The predicted octanol–water partition coefficient (Wildman–Crippen LogP) is 2.65. The first kappa shape index (κ1) is 22.3. The third-order valence-electron chi connectivity index (χ3n) is 5.16. The summed E-state index contributed by atoms with van der Waals surface area (Å²) in [6.45, 7) is 5.67. The minimum absolute atomic E-state index is 0.210. The average molecular weight is 443 g/mol. The van der Waals surface area contributed by atoms with Gasteiger partial charge in [0.05, 0.1) is 12.2 Å². The molecular weight excluding hydrogens is 417 g/mol. The molecule has 11 heteroatoms. The summed E-state index contributed by atoms with van der Waals surface area (Å²) in [5, 5.41) is 4.55. The molecule has 1 aromatic carbocycles. The number of carbonyl (C=O) groups excluding carboxylic acids is 1. The molecule has 0 radical (unpaired) electrons. The van der Waals surface area contributed by atoms with Gasteiger partial charge in [0.2, 0.25) is 5.91 Å². The number of alkyl halides is 3. The fourth-order valence-corrected chi connectivity index (χ4v) is 3.86. The van der Waals surface area contributed by atoms with Crippen LogP contribution in [0.25, 0.3) is 0 Å². The molecule has 1 amide bonds. The van der Waals surface area contributed by atoms with Crippen LogP contribution in [0.5, 0.6) is 0 Å². The van der Waals surface area contributed by atoms with Gasteiger partial charge >= 0.3 is 6.18 Å². The highest BCUT2D eigenvalue weighted by atomic mass is 32.1. The van der Waals surface area contributed by atoms with E-state index in [2.05, 4.69) is 10.00 Å². The summed E-state index contributed by atoms with van der Waals surface area (Å²) in [7, 11) is 0. The summed E-state index contributed by atoms with van der Waals surface area (Å²) in [4.78, 5) is 15.2. The fraction of sp³-hybridized carbons (Fsp3) is 0.526. The van der Waals surface area contributed by atoms with Gasteiger partial charge in [-0.2, -0.15) is 18.3 Å². The summed E-state index contributed by atoms with van der Waals surface area (Å²) < 4.78 is 43.1. The van der Waals surface area contributed by atoms with Gasteiger partial charge in [0, 0.05) is 51.3 Å². The van der Waals surface area contributed by atoms with Crippen LogP contribution in [0, 0.1) is 4.77 Å². The number of aromatic nitrogens is 3. The second-order valence-corrected chi connectivity index (χ2v) is 7.57. The molecule has 0 saturated carbocycles. The van der Waals surface area contributed by atoms with Crippen molar-refractivity contribution in [2.75, 3.05) is 31.1 Å². The van der Waals surface area contributed by atoms with Crippen LogP contribution in [0.1, 0.15) is 24.7 Å². The Morgan fingerprint density at radius 3 is 2.53 bits per heavy atom. The Kier molecular flexibility index (Phi) is 6.81. The molecule has 0 aliphatic carbocycles. The first-order chi connectivity index (χ1) is 14.2. The van der Waals surface area contributed by atoms with Crippen molar-refractivity contribution in [2.24, 2.45) is 5.73 Å². The lowest BCUT2D eigenvalue weighted by Gasteiger charge is -2.36. The van der Waals surface area contributed by atoms with Crippen molar-refractivity contribution in [2.45, 2.75) is 39.2 Å². The van der Waals surface area contributed by atoms with Crippen LogP contribution in [-0.4, -0.2) is 51.3 Å². The number of hydrogen-bond acceptors (Lipinski definition) is 5. The summed E-state index contributed by atoms with van der Waals surface area (Å²) in [5.41, 5.74) is 5.17. The molecule has 164 valence electrons. The Labute approximate surface area is 177 Å². The van der Waals surface area contributed by atoms with E-state index in [4.69, 9.17) is 18.0 Å². The molecule has 1 fully saturated rings. The highest BCUT2D eigenvalue weighted by Gasteiger charge is 2.31. The zero-order valence-corrected chi connectivity index (χ0v) is 17.5. The molecule has 0 spiro atoms. The molecule has 1 aliphatic rings. The minimum Gasteiger partial charge on any atom is -0.370 e. The third-order valence-corrected chi connectivity index (χ3v) is 5.59. The molecule has 0 bridgehead atoms. The van der Waals surface area contributed by atoms with E-state index in [0.717, 1.165) is 11.9 Å². The van der Waals surface area contributed by atoms with E-state index in [1.165, 1.54) is 12.1 Å². The van der Waals surface area contributed by atoms with Crippen LogP contribution in [0.2, 0.25) is 0 Å². The number of halogens is 3. The second kappa shape index (κ2) is 9.17. The van der Waals surface area contributed by atoms with Crippen LogP contribution < -0.4 is 10.6 Å². The number of primary amides is 1. The molecule has 7 nitrogen and oxygen atoms in total. The number of hydrogen-bond donors (Lipinski definition) is 1. The molecule has 1 aromatic heterocycles. The summed E-state index contributed by atoms with van der Waals surface area (Å²) in [6.07, 6.45) is -3.71.